The van der Waals surface area contributed by atoms with Crippen LogP contribution in [-0.4, -0.2) is 134 Å². The number of aromatic hydroxyl groups is 1. The SMILES string of the molecule is CC[C@H](C)[C@@H]([C@@H](CC(=O)N1CCC[C@H]1[C@H](OC)[C@@H](C)C(=O)N[C@@H](Cc1ccccc1)C(=O)OC)OC)N(C)C(=O)[C@@H](NC(=O)[C@H](C(C)C)N(C)Cc1ccc(O)cc1)C(C)C. The third-order valence-corrected chi connectivity index (χ3v) is 12.3. The second-order valence-corrected chi connectivity index (χ2v) is 17.4. The number of nitrogens with one attached hydrogen (secondary N) is 2. The third-order valence-electron chi connectivity index (χ3n) is 12.3. The van der Waals surface area contributed by atoms with Crippen molar-refractivity contribution in [2.24, 2.45) is 23.7 Å². The molecule has 0 unspecified atom stereocenters. The Bertz CT molecular complexity index is 1710. The molecule has 0 radical (unpaired) electrons. The number of esters is 1. The summed E-state index contributed by atoms with van der Waals surface area (Å²) >= 11 is 0. The highest BCUT2D eigenvalue weighted by Gasteiger charge is 2.43. The van der Waals surface area contributed by atoms with Gasteiger partial charge in [-0.15, -0.1) is 0 Å². The lowest BCUT2D eigenvalue weighted by Crippen LogP contribution is -2.60. The van der Waals surface area contributed by atoms with E-state index in [9.17, 15) is 29.1 Å². The Hall–Kier alpha value is -4.53. The number of likely N-dealkylation sites (tertiary alicyclic amines) is 1. The van der Waals surface area contributed by atoms with Crippen LogP contribution in [0.15, 0.2) is 54.6 Å². The van der Waals surface area contributed by atoms with Crippen molar-refractivity contribution in [1.29, 1.82) is 0 Å². The lowest BCUT2D eigenvalue weighted by molar-refractivity contribution is -0.149. The van der Waals surface area contributed by atoms with Gasteiger partial charge in [0.15, 0.2) is 0 Å². The van der Waals surface area contributed by atoms with Crippen molar-refractivity contribution in [3.8, 4) is 5.75 Å². The van der Waals surface area contributed by atoms with Crippen LogP contribution >= 0.6 is 0 Å². The molecule has 2 aromatic rings. The first-order chi connectivity index (χ1) is 28.9. The number of carbonyl (C=O) groups is 5. The zero-order chi connectivity index (χ0) is 45.6. The molecule has 0 saturated carbocycles. The van der Waals surface area contributed by atoms with Crippen LogP contribution in [0.25, 0.3) is 0 Å². The average Bonchev–Trinajstić information content (AvgIpc) is 3.72. The number of benzene rings is 2. The number of ether oxygens (including phenoxy) is 3. The minimum absolute atomic E-state index is 0.0195. The Kier molecular flexibility index (Phi) is 20.2. The maximum Gasteiger partial charge on any atom is 0.328 e. The smallest absolute Gasteiger partial charge is 0.328 e. The molecule has 1 aliphatic heterocycles. The van der Waals surface area contributed by atoms with Gasteiger partial charge >= 0.3 is 5.97 Å². The summed E-state index contributed by atoms with van der Waals surface area (Å²) in [6.45, 7) is 14.5. The quantitative estimate of drug-likeness (QED) is 0.132. The van der Waals surface area contributed by atoms with Gasteiger partial charge in [0.05, 0.1) is 49.8 Å². The van der Waals surface area contributed by atoms with Crippen molar-refractivity contribution in [3.05, 3.63) is 65.7 Å². The van der Waals surface area contributed by atoms with Crippen LogP contribution in [-0.2, 0) is 51.1 Å². The predicted molar refractivity (Wildman–Crippen MR) is 235 cm³/mol. The molecule has 0 spiro atoms. The van der Waals surface area contributed by atoms with Crippen LogP contribution in [0, 0.1) is 23.7 Å². The van der Waals surface area contributed by atoms with E-state index in [1.807, 2.05) is 96.0 Å². The largest absolute Gasteiger partial charge is 0.508 e. The van der Waals surface area contributed by atoms with Crippen molar-refractivity contribution < 1.29 is 43.3 Å². The van der Waals surface area contributed by atoms with Gasteiger partial charge in [0.2, 0.25) is 23.6 Å². The van der Waals surface area contributed by atoms with Gasteiger partial charge in [-0.05, 0) is 60.9 Å². The number of methoxy groups -OCH3 is 3. The minimum atomic E-state index is -0.904. The van der Waals surface area contributed by atoms with E-state index in [2.05, 4.69) is 10.6 Å². The Balaban J connectivity index is 1.79. The molecule has 9 atom stereocenters. The van der Waals surface area contributed by atoms with E-state index in [-0.39, 0.29) is 60.0 Å². The number of rotatable bonds is 23. The molecule has 1 saturated heterocycles. The van der Waals surface area contributed by atoms with Gasteiger partial charge in [-0.2, -0.15) is 0 Å². The normalized spacial score (nSPS) is 18.1. The first-order valence-electron chi connectivity index (χ1n) is 21.7. The Morgan fingerprint density at radius 1 is 0.836 bits per heavy atom. The average molecular weight is 852 g/mol. The van der Waals surface area contributed by atoms with Crippen molar-refractivity contribution in [1.82, 2.24) is 25.3 Å². The van der Waals surface area contributed by atoms with Gasteiger partial charge in [-0.25, -0.2) is 4.79 Å². The highest BCUT2D eigenvalue weighted by Crippen LogP contribution is 2.30. The number of phenols is 1. The maximum absolute atomic E-state index is 14.5. The maximum atomic E-state index is 14.5. The molecular weight excluding hydrogens is 779 g/mol. The summed E-state index contributed by atoms with van der Waals surface area (Å²) < 4.78 is 17.0. The van der Waals surface area contributed by atoms with E-state index < -0.39 is 54.3 Å². The van der Waals surface area contributed by atoms with E-state index in [4.69, 9.17) is 14.2 Å². The first kappa shape index (κ1) is 50.8. The number of nitrogens with zero attached hydrogens (tertiary/aromatic N) is 3. The molecule has 0 bridgehead atoms. The van der Waals surface area contributed by atoms with E-state index >= 15 is 0 Å². The fourth-order valence-electron chi connectivity index (χ4n) is 8.77. The number of hydrogen-bond donors (Lipinski definition) is 3. The number of phenolic OH excluding ortho intramolecular Hbond substituents is 1. The molecule has 0 aromatic heterocycles. The highest BCUT2D eigenvalue weighted by molar-refractivity contribution is 5.90. The van der Waals surface area contributed by atoms with Crippen molar-refractivity contribution in [3.63, 3.8) is 0 Å². The molecule has 0 aliphatic carbocycles. The van der Waals surface area contributed by atoms with Crippen molar-refractivity contribution in [2.75, 3.05) is 42.0 Å². The van der Waals surface area contributed by atoms with E-state index in [1.54, 1.807) is 43.0 Å². The van der Waals surface area contributed by atoms with Gasteiger partial charge in [0.25, 0.3) is 0 Å². The summed E-state index contributed by atoms with van der Waals surface area (Å²) in [5, 5.41) is 15.7. The monoisotopic (exact) mass is 852 g/mol. The molecule has 1 aliphatic rings. The lowest BCUT2D eigenvalue weighted by atomic mass is 9.89. The predicted octanol–water partition coefficient (Wildman–Crippen LogP) is 4.81. The van der Waals surface area contributed by atoms with Crippen LogP contribution in [0.2, 0.25) is 0 Å². The van der Waals surface area contributed by atoms with Crippen LogP contribution < -0.4 is 10.6 Å². The summed E-state index contributed by atoms with van der Waals surface area (Å²) in [4.78, 5) is 74.7. The summed E-state index contributed by atoms with van der Waals surface area (Å²) in [5.74, 6) is -2.60. The summed E-state index contributed by atoms with van der Waals surface area (Å²) in [5.41, 5.74) is 1.81. The summed E-state index contributed by atoms with van der Waals surface area (Å²) in [7, 11) is 7.94. The van der Waals surface area contributed by atoms with Crippen molar-refractivity contribution in [2.45, 2.75) is 130 Å². The van der Waals surface area contributed by atoms with Crippen LogP contribution in [0.4, 0.5) is 0 Å². The standard InChI is InChI=1S/C47H73N5O9/c1-13-31(6)42(51(9)46(57)40(29(2)3)49-45(56)41(30(4)5)50(8)28-34-21-23-35(53)24-22-34)38(59-10)27-39(54)52-25-17-20-37(52)43(60-11)32(7)44(55)48-36(47(58)61-12)26-33-18-15-14-16-19-33/h14-16,18-19,21-24,29-32,36-38,40-43,53H,13,17,20,25-28H2,1-12H3,(H,48,55)(H,49,56)/t31-,32+,36-,37-,38+,40-,41-,42-,43+/m0/s1. The van der Waals surface area contributed by atoms with E-state index in [0.717, 1.165) is 11.1 Å². The molecule has 4 amide bonds. The highest BCUT2D eigenvalue weighted by atomic mass is 16.5. The molecule has 340 valence electrons. The zero-order valence-corrected chi connectivity index (χ0v) is 38.6. The zero-order valence-electron chi connectivity index (χ0n) is 38.6. The Morgan fingerprint density at radius 2 is 1.48 bits per heavy atom. The van der Waals surface area contributed by atoms with Crippen LogP contribution in [0.5, 0.6) is 5.75 Å². The van der Waals surface area contributed by atoms with E-state index in [1.165, 1.54) is 14.2 Å². The molecule has 14 nitrogen and oxygen atoms in total. The molecule has 61 heavy (non-hydrogen) atoms. The van der Waals surface area contributed by atoms with Crippen LogP contribution in [0.1, 0.15) is 85.3 Å². The molecule has 3 rings (SSSR count). The molecule has 1 heterocycles. The first-order valence-corrected chi connectivity index (χ1v) is 21.7. The molecule has 1 fully saturated rings. The summed E-state index contributed by atoms with van der Waals surface area (Å²) in [6.07, 6.45) is 0.929. The number of hydrogen-bond acceptors (Lipinski definition) is 10. The fourth-order valence-corrected chi connectivity index (χ4v) is 8.77. The number of carbonyl (C=O) groups excluding carboxylic acids is 5. The number of amides is 4. The second kappa shape index (κ2) is 24.2. The topological polar surface area (TPSA) is 167 Å². The minimum Gasteiger partial charge on any atom is -0.508 e. The Labute approximate surface area is 364 Å². The van der Waals surface area contributed by atoms with E-state index in [0.29, 0.717) is 32.4 Å². The number of likely N-dealkylation sites (N-methyl/N-ethyl adjacent to an activating group) is 2. The molecule has 14 heteroatoms. The Morgan fingerprint density at radius 3 is 2.02 bits per heavy atom. The van der Waals surface area contributed by atoms with Gasteiger partial charge in [-0.1, -0.05) is 97.4 Å². The third kappa shape index (κ3) is 13.7. The molecule has 3 N–H and O–H groups in total. The second-order valence-electron chi connectivity index (χ2n) is 17.4. The fraction of sp³-hybridized carbons (Fsp3) is 0.638. The molecular formula is C47H73N5O9. The van der Waals surface area contributed by atoms with Gasteiger partial charge in [0.1, 0.15) is 17.8 Å². The van der Waals surface area contributed by atoms with Crippen LogP contribution in [0.3, 0.4) is 0 Å². The lowest BCUT2D eigenvalue weighted by Gasteiger charge is -2.41. The van der Waals surface area contributed by atoms with Gasteiger partial charge in [0, 0.05) is 40.8 Å². The molecule has 2 aromatic carbocycles. The van der Waals surface area contributed by atoms with Gasteiger partial charge in [-0.3, -0.25) is 24.1 Å². The summed E-state index contributed by atoms with van der Waals surface area (Å²) in [6, 6.07) is 13.0. The van der Waals surface area contributed by atoms with Gasteiger partial charge < -0.3 is 39.8 Å². The van der Waals surface area contributed by atoms with Crippen molar-refractivity contribution >= 4 is 29.6 Å².